The Hall–Kier alpha value is -1.75. The maximum atomic E-state index is 4.62. The molecule has 1 aliphatic heterocycles. The zero-order valence-corrected chi connectivity index (χ0v) is 14.6. The quantitative estimate of drug-likeness (QED) is 0.850. The van der Waals surface area contributed by atoms with E-state index in [0.29, 0.717) is 18.0 Å². The smallest absolute Gasteiger partial charge is 0.0916 e. The number of hydrogen-bond donors (Lipinski definition) is 0. The van der Waals surface area contributed by atoms with Crippen LogP contribution in [-0.2, 0) is 6.42 Å². The van der Waals surface area contributed by atoms with Gasteiger partial charge < -0.3 is 4.90 Å². The monoisotopic (exact) mass is 313 g/mol. The standard InChI is InChI=1S/C18H27N5/c1-13(2)22-6-5-15(11-22)7-17-9-20-18(10-19-17)16-8-21-23(12-16)14(3)4/h8-10,12-15H,5-7,11H2,1-4H3. The van der Waals surface area contributed by atoms with Gasteiger partial charge in [-0.3, -0.25) is 14.6 Å². The Morgan fingerprint density at radius 3 is 2.48 bits per heavy atom. The Balaban J connectivity index is 1.63. The summed E-state index contributed by atoms with van der Waals surface area (Å²) >= 11 is 0. The maximum Gasteiger partial charge on any atom is 0.0916 e. The minimum Gasteiger partial charge on any atom is -0.301 e. The first-order valence-corrected chi connectivity index (χ1v) is 8.62. The van der Waals surface area contributed by atoms with E-state index >= 15 is 0 Å². The van der Waals surface area contributed by atoms with Gasteiger partial charge in [0.25, 0.3) is 0 Å². The van der Waals surface area contributed by atoms with Crippen molar-refractivity contribution >= 4 is 0 Å². The van der Waals surface area contributed by atoms with E-state index in [1.165, 1.54) is 19.5 Å². The average Bonchev–Trinajstić information content (AvgIpc) is 3.17. The van der Waals surface area contributed by atoms with Gasteiger partial charge in [-0.2, -0.15) is 5.10 Å². The second-order valence-corrected chi connectivity index (χ2v) is 7.14. The van der Waals surface area contributed by atoms with Gasteiger partial charge in [0.1, 0.15) is 0 Å². The van der Waals surface area contributed by atoms with E-state index in [0.717, 1.165) is 23.4 Å². The first-order chi connectivity index (χ1) is 11.0. The number of nitrogens with zero attached hydrogens (tertiary/aromatic N) is 5. The Labute approximate surface area is 138 Å². The molecule has 0 spiro atoms. The molecule has 1 saturated heterocycles. The molecule has 2 aromatic heterocycles. The number of likely N-dealkylation sites (tertiary alicyclic amines) is 1. The third kappa shape index (κ3) is 3.78. The van der Waals surface area contributed by atoms with Crippen LogP contribution in [0.1, 0.15) is 45.9 Å². The van der Waals surface area contributed by atoms with Crippen molar-refractivity contribution in [2.45, 2.75) is 52.6 Å². The summed E-state index contributed by atoms with van der Waals surface area (Å²) in [4.78, 5) is 11.8. The second kappa shape index (κ2) is 6.79. The van der Waals surface area contributed by atoms with Crippen molar-refractivity contribution in [1.82, 2.24) is 24.6 Å². The largest absolute Gasteiger partial charge is 0.301 e. The van der Waals surface area contributed by atoms with E-state index in [4.69, 9.17) is 0 Å². The molecule has 1 atom stereocenters. The molecular weight excluding hydrogens is 286 g/mol. The van der Waals surface area contributed by atoms with Crippen LogP contribution in [0.5, 0.6) is 0 Å². The summed E-state index contributed by atoms with van der Waals surface area (Å²) in [5.74, 6) is 0.709. The first-order valence-electron chi connectivity index (χ1n) is 8.62. The highest BCUT2D eigenvalue weighted by molar-refractivity contribution is 5.55. The van der Waals surface area contributed by atoms with Crippen LogP contribution in [0.25, 0.3) is 11.3 Å². The van der Waals surface area contributed by atoms with Gasteiger partial charge in [-0.1, -0.05) is 0 Å². The van der Waals surface area contributed by atoms with Gasteiger partial charge in [0.2, 0.25) is 0 Å². The Kier molecular flexibility index (Phi) is 4.76. The van der Waals surface area contributed by atoms with Crippen LogP contribution in [0.15, 0.2) is 24.8 Å². The molecule has 2 aromatic rings. The number of aromatic nitrogens is 4. The van der Waals surface area contributed by atoms with Crippen molar-refractivity contribution in [3.05, 3.63) is 30.5 Å². The van der Waals surface area contributed by atoms with Gasteiger partial charge in [-0.25, -0.2) is 0 Å². The molecule has 1 aliphatic rings. The van der Waals surface area contributed by atoms with Gasteiger partial charge in [0, 0.05) is 36.6 Å². The summed E-state index contributed by atoms with van der Waals surface area (Å²) in [6, 6.07) is 1.01. The van der Waals surface area contributed by atoms with Gasteiger partial charge in [-0.15, -0.1) is 0 Å². The van der Waals surface area contributed by atoms with Crippen LogP contribution in [0.2, 0.25) is 0 Å². The normalized spacial score (nSPS) is 19.1. The van der Waals surface area contributed by atoms with Crippen LogP contribution in [0, 0.1) is 5.92 Å². The van der Waals surface area contributed by atoms with Crippen LogP contribution in [-0.4, -0.2) is 43.8 Å². The molecule has 0 aromatic carbocycles. The Morgan fingerprint density at radius 2 is 1.91 bits per heavy atom. The predicted molar refractivity (Wildman–Crippen MR) is 92.2 cm³/mol. The van der Waals surface area contributed by atoms with Crippen molar-refractivity contribution in [3.8, 4) is 11.3 Å². The van der Waals surface area contributed by atoms with Crippen molar-refractivity contribution in [1.29, 1.82) is 0 Å². The van der Waals surface area contributed by atoms with Crippen LogP contribution >= 0.6 is 0 Å². The van der Waals surface area contributed by atoms with Crippen LogP contribution < -0.4 is 0 Å². The summed E-state index contributed by atoms with van der Waals surface area (Å²) < 4.78 is 1.95. The molecule has 23 heavy (non-hydrogen) atoms. The van der Waals surface area contributed by atoms with Crippen molar-refractivity contribution in [2.75, 3.05) is 13.1 Å². The fourth-order valence-electron chi connectivity index (χ4n) is 3.16. The topological polar surface area (TPSA) is 46.8 Å². The van der Waals surface area contributed by atoms with E-state index in [1.54, 1.807) is 0 Å². The molecule has 3 heterocycles. The molecule has 0 bridgehead atoms. The summed E-state index contributed by atoms with van der Waals surface area (Å²) in [6.07, 6.45) is 10.0. The minimum absolute atomic E-state index is 0.363. The van der Waals surface area contributed by atoms with E-state index in [1.807, 2.05) is 29.5 Å². The maximum absolute atomic E-state index is 4.62. The van der Waals surface area contributed by atoms with Crippen LogP contribution in [0.3, 0.4) is 0 Å². The lowest BCUT2D eigenvalue weighted by molar-refractivity contribution is 0.264. The third-order valence-corrected chi connectivity index (χ3v) is 4.68. The molecule has 0 aliphatic carbocycles. The van der Waals surface area contributed by atoms with Gasteiger partial charge in [0.15, 0.2) is 0 Å². The summed E-state index contributed by atoms with van der Waals surface area (Å²) in [5, 5.41) is 4.37. The predicted octanol–water partition coefficient (Wildman–Crippen LogP) is 3.19. The average molecular weight is 313 g/mol. The van der Waals surface area contributed by atoms with Gasteiger partial charge in [0.05, 0.1) is 23.8 Å². The summed E-state index contributed by atoms with van der Waals surface area (Å²) in [5.41, 5.74) is 3.03. The lowest BCUT2D eigenvalue weighted by Crippen LogP contribution is -2.28. The lowest BCUT2D eigenvalue weighted by atomic mass is 10.0. The second-order valence-electron chi connectivity index (χ2n) is 7.14. The van der Waals surface area contributed by atoms with Crippen molar-refractivity contribution in [2.24, 2.45) is 5.92 Å². The highest BCUT2D eigenvalue weighted by Crippen LogP contribution is 2.22. The van der Waals surface area contributed by atoms with E-state index in [9.17, 15) is 0 Å². The molecule has 0 amide bonds. The van der Waals surface area contributed by atoms with E-state index < -0.39 is 0 Å². The molecular formula is C18H27N5. The van der Waals surface area contributed by atoms with E-state index in [-0.39, 0.29) is 0 Å². The first kappa shape index (κ1) is 16.1. The summed E-state index contributed by atoms with van der Waals surface area (Å²) in [7, 11) is 0. The molecule has 1 unspecified atom stereocenters. The zero-order valence-electron chi connectivity index (χ0n) is 14.6. The third-order valence-electron chi connectivity index (χ3n) is 4.68. The molecule has 5 heteroatoms. The molecule has 0 radical (unpaired) electrons. The molecule has 1 fully saturated rings. The van der Waals surface area contributed by atoms with Crippen molar-refractivity contribution < 1.29 is 0 Å². The summed E-state index contributed by atoms with van der Waals surface area (Å²) in [6.45, 7) is 11.2. The zero-order chi connectivity index (χ0) is 16.4. The van der Waals surface area contributed by atoms with E-state index in [2.05, 4.69) is 47.7 Å². The molecule has 0 saturated carbocycles. The fraction of sp³-hybridized carbons (Fsp3) is 0.611. The Bertz CT molecular complexity index is 629. The van der Waals surface area contributed by atoms with Crippen LogP contribution in [0.4, 0.5) is 0 Å². The number of rotatable bonds is 5. The lowest BCUT2D eigenvalue weighted by Gasteiger charge is -2.20. The Morgan fingerprint density at radius 1 is 1.09 bits per heavy atom. The minimum atomic E-state index is 0.363. The molecule has 5 nitrogen and oxygen atoms in total. The highest BCUT2D eigenvalue weighted by Gasteiger charge is 2.24. The molecule has 0 N–H and O–H groups in total. The van der Waals surface area contributed by atoms with Gasteiger partial charge >= 0.3 is 0 Å². The highest BCUT2D eigenvalue weighted by atomic mass is 15.3. The molecule has 3 rings (SSSR count). The van der Waals surface area contributed by atoms with Crippen molar-refractivity contribution in [3.63, 3.8) is 0 Å². The fourth-order valence-corrected chi connectivity index (χ4v) is 3.16. The van der Waals surface area contributed by atoms with Gasteiger partial charge in [-0.05, 0) is 53.0 Å². The SMILES string of the molecule is CC(C)N1CCC(Cc2cnc(-c3cnn(C(C)C)c3)cn2)C1. The molecule has 124 valence electrons. The number of hydrogen-bond acceptors (Lipinski definition) is 4.